The summed E-state index contributed by atoms with van der Waals surface area (Å²) in [5.74, 6) is 0.986. The maximum Gasteiger partial charge on any atom is 0.213 e. The topological polar surface area (TPSA) is 101 Å². The van der Waals surface area contributed by atoms with Gasteiger partial charge in [0.15, 0.2) is 11.5 Å². The van der Waals surface area contributed by atoms with Crippen LogP contribution in [0, 0.1) is 6.92 Å². The molecule has 3 aromatic heterocycles. The number of nitrogens with zero attached hydrogens (tertiary/aromatic N) is 6. The summed E-state index contributed by atoms with van der Waals surface area (Å²) < 4.78 is 8.43. The molecule has 0 fully saturated rings. The van der Waals surface area contributed by atoms with Gasteiger partial charge in [-0.25, -0.2) is 9.67 Å². The van der Waals surface area contributed by atoms with E-state index in [2.05, 4.69) is 20.2 Å². The highest BCUT2D eigenvalue weighted by molar-refractivity contribution is 5.77. The van der Waals surface area contributed by atoms with E-state index in [1.807, 2.05) is 23.1 Å². The number of rotatable bonds is 3. The lowest BCUT2D eigenvalue weighted by atomic mass is 10.4. The SMILES string of the molecule is CCn1nc(C)c2nc(N)n(Cc3ncon3)c21. The standard InChI is InChI=1S/C10H13N7O/c1-3-17-9-8(6(2)14-17)13-10(11)16(9)4-7-12-5-18-15-7/h5H,3-4H2,1-2H3,(H2,11,13). The zero-order valence-corrected chi connectivity index (χ0v) is 10.2. The van der Waals surface area contributed by atoms with Gasteiger partial charge in [0.25, 0.3) is 0 Å². The first-order valence-electron chi connectivity index (χ1n) is 5.65. The summed E-state index contributed by atoms with van der Waals surface area (Å²) in [6, 6.07) is 0. The highest BCUT2D eigenvalue weighted by Gasteiger charge is 2.17. The van der Waals surface area contributed by atoms with Crippen molar-refractivity contribution >= 4 is 17.1 Å². The molecule has 2 N–H and O–H groups in total. The third-order valence-electron chi connectivity index (χ3n) is 2.83. The molecule has 18 heavy (non-hydrogen) atoms. The molecule has 8 nitrogen and oxygen atoms in total. The molecule has 0 amide bonds. The van der Waals surface area contributed by atoms with E-state index >= 15 is 0 Å². The number of imidazole rings is 1. The molecule has 0 aromatic carbocycles. The van der Waals surface area contributed by atoms with Gasteiger partial charge < -0.3 is 10.3 Å². The molecule has 0 aliphatic heterocycles. The number of hydrogen-bond acceptors (Lipinski definition) is 6. The van der Waals surface area contributed by atoms with Crippen molar-refractivity contribution in [2.45, 2.75) is 26.9 Å². The molecule has 3 heterocycles. The molecule has 0 atom stereocenters. The van der Waals surface area contributed by atoms with Crippen LogP contribution in [0.25, 0.3) is 11.2 Å². The van der Waals surface area contributed by atoms with Crippen molar-refractivity contribution in [3.8, 4) is 0 Å². The van der Waals surface area contributed by atoms with Crippen LogP contribution in [0.5, 0.6) is 0 Å². The zero-order valence-electron chi connectivity index (χ0n) is 10.2. The number of fused-ring (bicyclic) bond motifs is 1. The van der Waals surface area contributed by atoms with Crippen molar-refractivity contribution < 1.29 is 4.52 Å². The Labute approximate surface area is 102 Å². The van der Waals surface area contributed by atoms with Crippen LogP contribution in [0.2, 0.25) is 0 Å². The van der Waals surface area contributed by atoms with E-state index in [4.69, 9.17) is 10.3 Å². The second kappa shape index (κ2) is 3.83. The minimum absolute atomic E-state index is 0.421. The highest BCUT2D eigenvalue weighted by Crippen LogP contribution is 2.21. The average molecular weight is 247 g/mol. The van der Waals surface area contributed by atoms with E-state index in [9.17, 15) is 0 Å². The number of hydrogen-bond donors (Lipinski definition) is 1. The Morgan fingerprint density at radius 3 is 2.94 bits per heavy atom. The third-order valence-corrected chi connectivity index (χ3v) is 2.83. The fourth-order valence-corrected chi connectivity index (χ4v) is 2.02. The Balaban J connectivity index is 2.18. The molecule has 0 aliphatic rings. The maximum atomic E-state index is 5.93. The molecule has 0 saturated carbocycles. The molecular weight excluding hydrogens is 234 g/mol. The Kier molecular flexibility index (Phi) is 2.29. The fraction of sp³-hybridized carbons (Fsp3) is 0.400. The molecule has 3 aromatic rings. The second-order valence-electron chi connectivity index (χ2n) is 3.98. The normalized spacial score (nSPS) is 11.4. The largest absolute Gasteiger partial charge is 0.369 e. The summed E-state index contributed by atoms with van der Waals surface area (Å²) in [4.78, 5) is 8.32. The quantitative estimate of drug-likeness (QED) is 0.726. The van der Waals surface area contributed by atoms with Crippen LogP contribution in [0.1, 0.15) is 18.4 Å². The fourth-order valence-electron chi connectivity index (χ4n) is 2.02. The zero-order chi connectivity index (χ0) is 12.7. The maximum absolute atomic E-state index is 5.93. The van der Waals surface area contributed by atoms with E-state index in [-0.39, 0.29) is 0 Å². The highest BCUT2D eigenvalue weighted by atomic mass is 16.5. The number of aryl methyl sites for hydroxylation is 2. The number of nitrogens with two attached hydrogens (primary N) is 1. The summed E-state index contributed by atoms with van der Waals surface area (Å²) in [7, 11) is 0. The molecule has 0 aliphatic carbocycles. The van der Waals surface area contributed by atoms with E-state index in [0.29, 0.717) is 18.3 Å². The van der Waals surface area contributed by atoms with Gasteiger partial charge in [0.2, 0.25) is 12.3 Å². The lowest BCUT2D eigenvalue weighted by Crippen LogP contribution is -2.10. The van der Waals surface area contributed by atoms with Crippen LogP contribution in [-0.2, 0) is 13.1 Å². The summed E-state index contributed by atoms with van der Waals surface area (Å²) in [5, 5.41) is 8.19. The van der Waals surface area contributed by atoms with Crippen LogP contribution in [0.3, 0.4) is 0 Å². The minimum Gasteiger partial charge on any atom is -0.369 e. The smallest absolute Gasteiger partial charge is 0.213 e. The van der Waals surface area contributed by atoms with Gasteiger partial charge in [-0.1, -0.05) is 5.16 Å². The molecule has 8 heteroatoms. The molecule has 94 valence electrons. The van der Waals surface area contributed by atoms with E-state index in [1.54, 1.807) is 0 Å². The molecule has 3 rings (SSSR count). The first-order chi connectivity index (χ1) is 8.70. The van der Waals surface area contributed by atoms with Crippen molar-refractivity contribution in [2.75, 3.05) is 5.73 Å². The second-order valence-corrected chi connectivity index (χ2v) is 3.98. The molecular formula is C10H13N7O. The van der Waals surface area contributed by atoms with Crippen molar-refractivity contribution in [3.05, 3.63) is 17.9 Å². The Hall–Kier alpha value is -2.38. The molecule has 0 radical (unpaired) electrons. The summed E-state index contributed by atoms with van der Waals surface area (Å²) in [6.07, 6.45) is 1.29. The average Bonchev–Trinajstić information content (AvgIpc) is 3.02. The van der Waals surface area contributed by atoms with E-state index < -0.39 is 0 Å². The van der Waals surface area contributed by atoms with Crippen LogP contribution in [0.15, 0.2) is 10.9 Å². The number of aromatic nitrogens is 6. The van der Waals surface area contributed by atoms with Crippen molar-refractivity contribution in [3.63, 3.8) is 0 Å². The molecule has 0 saturated heterocycles. The third kappa shape index (κ3) is 1.45. The first-order valence-corrected chi connectivity index (χ1v) is 5.65. The Morgan fingerprint density at radius 2 is 2.28 bits per heavy atom. The number of nitrogen functional groups attached to an aromatic ring is 1. The monoisotopic (exact) mass is 247 g/mol. The number of anilines is 1. The van der Waals surface area contributed by atoms with Crippen LogP contribution in [-0.4, -0.2) is 29.5 Å². The van der Waals surface area contributed by atoms with Crippen LogP contribution >= 0.6 is 0 Å². The minimum atomic E-state index is 0.421. The van der Waals surface area contributed by atoms with Gasteiger partial charge in [-0.2, -0.15) is 10.1 Å². The van der Waals surface area contributed by atoms with Crippen molar-refractivity contribution in [1.29, 1.82) is 0 Å². The van der Waals surface area contributed by atoms with Gasteiger partial charge in [-0.05, 0) is 13.8 Å². The van der Waals surface area contributed by atoms with E-state index in [1.165, 1.54) is 6.39 Å². The first kappa shape index (κ1) is 10.8. The van der Waals surface area contributed by atoms with Gasteiger partial charge in [-0.3, -0.25) is 4.57 Å². The molecule has 0 bridgehead atoms. The van der Waals surface area contributed by atoms with Crippen LogP contribution < -0.4 is 5.73 Å². The van der Waals surface area contributed by atoms with Gasteiger partial charge >= 0.3 is 0 Å². The molecule has 0 spiro atoms. The summed E-state index contributed by atoms with van der Waals surface area (Å²) in [6.45, 7) is 5.11. The summed E-state index contributed by atoms with van der Waals surface area (Å²) in [5.41, 5.74) is 8.50. The predicted molar refractivity (Wildman–Crippen MR) is 63.7 cm³/mol. The Morgan fingerprint density at radius 1 is 1.44 bits per heavy atom. The van der Waals surface area contributed by atoms with Gasteiger partial charge in [0.05, 0.1) is 12.2 Å². The summed E-state index contributed by atoms with van der Waals surface area (Å²) >= 11 is 0. The van der Waals surface area contributed by atoms with Crippen molar-refractivity contribution in [2.24, 2.45) is 0 Å². The lowest BCUT2D eigenvalue weighted by Gasteiger charge is -2.04. The lowest BCUT2D eigenvalue weighted by molar-refractivity contribution is 0.408. The van der Waals surface area contributed by atoms with Crippen molar-refractivity contribution in [1.82, 2.24) is 29.5 Å². The van der Waals surface area contributed by atoms with E-state index in [0.717, 1.165) is 23.4 Å². The predicted octanol–water partition coefficient (Wildman–Crippen LogP) is 0.575. The van der Waals surface area contributed by atoms with Crippen LogP contribution in [0.4, 0.5) is 5.95 Å². The Bertz CT molecular complexity index is 679. The van der Waals surface area contributed by atoms with Gasteiger partial charge in [-0.15, -0.1) is 0 Å². The molecule has 0 unspecified atom stereocenters. The van der Waals surface area contributed by atoms with Gasteiger partial charge in [0, 0.05) is 6.54 Å². The van der Waals surface area contributed by atoms with Gasteiger partial charge in [0.1, 0.15) is 5.52 Å².